The highest BCUT2D eigenvalue weighted by atomic mass is 35.5. The van der Waals surface area contributed by atoms with E-state index < -0.39 is 17.8 Å². The third kappa shape index (κ3) is 5.85. The Bertz CT molecular complexity index is 485. The second kappa shape index (κ2) is 8.34. The van der Waals surface area contributed by atoms with Crippen molar-refractivity contribution in [1.29, 1.82) is 0 Å². The van der Waals surface area contributed by atoms with Gasteiger partial charge in [-0.2, -0.15) is 0 Å². The molecule has 0 aromatic heterocycles. The summed E-state index contributed by atoms with van der Waals surface area (Å²) in [6.45, 7) is 0.518. The molecule has 0 saturated heterocycles. The van der Waals surface area contributed by atoms with Gasteiger partial charge in [-0.3, -0.25) is 10.1 Å². The van der Waals surface area contributed by atoms with Gasteiger partial charge in [0.25, 0.3) is 0 Å². The van der Waals surface area contributed by atoms with Crippen LogP contribution in [0.2, 0.25) is 5.02 Å². The Labute approximate surface area is 120 Å². The molecule has 0 aliphatic carbocycles. The number of halogens is 2. The first-order valence-electron chi connectivity index (χ1n) is 5.78. The fourth-order valence-electron chi connectivity index (χ4n) is 1.27. The van der Waals surface area contributed by atoms with Crippen LogP contribution in [0.15, 0.2) is 18.2 Å². The van der Waals surface area contributed by atoms with Gasteiger partial charge >= 0.3 is 6.03 Å². The quantitative estimate of drug-likeness (QED) is 0.693. The van der Waals surface area contributed by atoms with E-state index in [2.05, 4.69) is 16.0 Å². The highest BCUT2D eigenvalue weighted by Gasteiger charge is 2.07. The summed E-state index contributed by atoms with van der Waals surface area (Å²) in [7, 11) is 1.50. The summed E-state index contributed by atoms with van der Waals surface area (Å²) >= 11 is 5.59. The summed E-state index contributed by atoms with van der Waals surface area (Å²) in [6.07, 6.45) is 0. The maximum absolute atomic E-state index is 12.9. The van der Waals surface area contributed by atoms with Crippen LogP contribution in [-0.4, -0.2) is 38.7 Å². The van der Waals surface area contributed by atoms with E-state index in [0.29, 0.717) is 18.8 Å². The number of methoxy groups -OCH3 is 1. The minimum Gasteiger partial charge on any atom is -0.383 e. The molecule has 0 aliphatic rings. The third-order valence-corrected chi connectivity index (χ3v) is 2.51. The van der Waals surface area contributed by atoms with Crippen LogP contribution >= 0.6 is 11.6 Å². The maximum Gasteiger partial charge on any atom is 0.321 e. The summed E-state index contributed by atoms with van der Waals surface area (Å²) < 4.78 is 17.7. The summed E-state index contributed by atoms with van der Waals surface area (Å²) in [4.78, 5) is 22.7. The summed E-state index contributed by atoms with van der Waals surface area (Å²) in [5.41, 5.74) is 0.478. The number of ether oxygens (including phenoxy) is 1. The molecule has 0 aliphatic heterocycles. The topological polar surface area (TPSA) is 79.5 Å². The van der Waals surface area contributed by atoms with Crippen LogP contribution in [0.1, 0.15) is 0 Å². The fraction of sp³-hybridized carbons (Fsp3) is 0.333. The molecule has 1 aromatic carbocycles. The minimum absolute atomic E-state index is 0.0484. The Morgan fingerprint density at radius 1 is 1.40 bits per heavy atom. The largest absolute Gasteiger partial charge is 0.383 e. The summed E-state index contributed by atoms with van der Waals surface area (Å²) in [5, 5.41) is 7.22. The molecule has 0 heterocycles. The number of carbonyl (C=O) groups is 2. The molecule has 0 unspecified atom stereocenters. The van der Waals surface area contributed by atoms with Crippen LogP contribution in [0.4, 0.5) is 14.9 Å². The lowest BCUT2D eigenvalue weighted by Crippen LogP contribution is -2.42. The van der Waals surface area contributed by atoms with Crippen molar-refractivity contribution >= 4 is 29.2 Å². The molecule has 1 rings (SSSR count). The van der Waals surface area contributed by atoms with Crippen LogP contribution in [0.3, 0.4) is 0 Å². The zero-order chi connectivity index (χ0) is 15.0. The van der Waals surface area contributed by atoms with Gasteiger partial charge in [-0.05, 0) is 18.2 Å². The molecule has 1 aromatic rings. The number of hydrogen-bond donors (Lipinski definition) is 3. The van der Waals surface area contributed by atoms with Gasteiger partial charge in [-0.15, -0.1) is 0 Å². The van der Waals surface area contributed by atoms with Gasteiger partial charge in [0.1, 0.15) is 5.82 Å². The van der Waals surface area contributed by atoms with Crippen molar-refractivity contribution in [1.82, 2.24) is 10.6 Å². The highest BCUT2D eigenvalue weighted by Crippen LogP contribution is 2.18. The molecule has 0 fully saturated rings. The maximum atomic E-state index is 12.9. The van der Waals surface area contributed by atoms with Gasteiger partial charge in [0.15, 0.2) is 0 Å². The van der Waals surface area contributed by atoms with Crippen molar-refractivity contribution < 1.29 is 18.7 Å². The number of urea groups is 1. The van der Waals surface area contributed by atoms with Crippen molar-refractivity contribution in [2.75, 3.05) is 32.1 Å². The molecule has 0 radical (unpaired) electrons. The first kappa shape index (κ1) is 16.2. The number of rotatable bonds is 6. The molecule has 8 heteroatoms. The van der Waals surface area contributed by atoms with E-state index in [1.165, 1.54) is 25.3 Å². The standard InChI is InChI=1S/C12H15ClFN3O3/c1-20-5-4-15-12(19)17-11(18)7-16-8-2-3-10(14)9(13)6-8/h2-3,6,16H,4-5,7H2,1H3,(H2,15,17,18,19). The molecule has 6 nitrogen and oxygen atoms in total. The van der Waals surface area contributed by atoms with E-state index in [4.69, 9.17) is 16.3 Å². The van der Waals surface area contributed by atoms with E-state index in [1.807, 2.05) is 0 Å². The average molecular weight is 304 g/mol. The van der Waals surface area contributed by atoms with Gasteiger partial charge in [-0.1, -0.05) is 11.6 Å². The first-order valence-corrected chi connectivity index (χ1v) is 6.16. The van der Waals surface area contributed by atoms with Gasteiger partial charge < -0.3 is 15.4 Å². The molecule has 0 bridgehead atoms. The Hall–Kier alpha value is -1.86. The minimum atomic E-state index is -0.606. The second-order valence-corrected chi connectivity index (χ2v) is 4.19. The van der Waals surface area contributed by atoms with E-state index in [9.17, 15) is 14.0 Å². The normalized spacial score (nSPS) is 9.95. The van der Waals surface area contributed by atoms with Crippen LogP contribution in [0.5, 0.6) is 0 Å². The van der Waals surface area contributed by atoms with Gasteiger partial charge in [0.2, 0.25) is 5.91 Å². The number of amides is 3. The molecule has 3 N–H and O–H groups in total. The van der Waals surface area contributed by atoms with Gasteiger partial charge in [0.05, 0.1) is 18.2 Å². The van der Waals surface area contributed by atoms with Crippen molar-refractivity contribution in [3.63, 3.8) is 0 Å². The molecular formula is C12H15ClFN3O3. The Kier molecular flexibility index (Phi) is 6.75. The van der Waals surface area contributed by atoms with E-state index in [0.717, 1.165) is 0 Å². The zero-order valence-corrected chi connectivity index (χ0v) is 11.6. The highest BCUT2D eigenvalue weighted by molar-refractivity contribution is 6.31. The van der Waals surface area contributed by atoms with Crippen LogP contribution in [-0.2, 0) is 9.53 Å². The average Bonchev–Trinajstić information content (AvgIpc) is 2.40. The van der Waals surface area contributed by atoms with E-state index in [-0.39, 0.29) is 11.6 Å². The lowest BCUT2D eigenvalue weighted by molar-refractivity contribution is -0.118. The Morgan fingerprint density at radius 3 is 2.80 bits per heavy atom. The number of imide groups is 1. The smallest absolute Gasteiger partial charge is 0.321 e. The Balaban J connectivity index is 2.32. The fourth-order valence-corrected chi connectivity index (χ4v) is 1.45. The first-order chi connectivity index (χ1) is 9.52. The molecule has 0 saturated carbocycles. The van der Waals surface area contributed by atoms with Crippen LogP contribution in [0.25, 0.3) is 0 Å². The molecule has 110 valence electrons. The predicted molar refractivity (Wildman–Crippen MR) is 73.3 cm³/mol. The number of nitrogens with one attached hydrogen (secondary N) is 3. The van der Waals surface area contributed by atoms with E-state index >= 15 is 0 Å². The van der Waals surface area contributed by atoms with Gasteiger partial charge in [0, 0.05) is 19.3 Å². The second-order valence-electron chi connectivity index (χ2n) is 3.78. The molecular weight excluding hydrogens is 289 g/mol. The third-order valence-electron chi connectivity index (χ3n) is 2.22. The SMILES string of the molecule is COCCNC(=O)NC(=O)CNc1ccc(F)c(Cl)c1. The monoisotopic (exact) mass is 303 g/mol. The van der Waals surface area contributed by atoms with Crippen molar-refractivity contribution in [2.24, 2.45) is 0 Å². The van der Waals surface area contributed by atoms with Gasteiger partial charge in [-0.25, -0.2) is 9.18 Å². The summed E-state index contributed by atoms with van der Waals surface area (Å²) in [6, 6.07) is 3.36. The summed E-state index contributed by atoms with van der Waals surface area (Å²) in [5.74, 6) is -1.07. The van der Waals surface area contributed by atoms with Crippen molar-refractivity contribution in [3.05, 3.63) is 29.0 Å². The number of hydrogen-bond acceptors (Lipinski definition) is 4. The molecule has 3 amide bonds. The van der Waals surface area contributed by atoms with Crippen LogP contribution in [0, 0.1) is 5.82 Å². The molecule has 0 atom stereocenters. The molecule has 20 heavy (non-hydrogen) atoms. The van der Waals surface area contributed by atoms with E-state index in [1.54, 1.807) is 0 Å². The van der Waals surface area contributed by atoms with Crippen molar-refractivity contribution in [3.8, 4) is 0 Å². The zero-order valence-electron chi connectivity index (χ0n) is 10.8. The van der Waals surface area contributed by atoms with Crippen molar-refractivity contribution in [2.45, 2.75) is 0 Å². The molecule has 0 spiro atoms. The lowest BCUT2D eigenvalue weighted by atomic mass is 10.3. The predicted octanol–water partition coefficient (Wildman–Crippen LogP) is 1.36. The number of anilines is 1. The lowest BCUT2D eigenvalue weighted by Gasteiger charge is -2.08. The van der Waals surface area contributed by atoms with Crippen LogP contribution < -0.4 is 16.0 Å². The number of carbonyl (C=O) groups excluding carboxylic acids is 2. The number of benzene rings is 1. The Morgan fingerprint density at radius 2 is 2.15 bits per heavy atom.